The Bertz CT molecular complexity index is 816. The highest BCUT2D eigenvalue weighted by Gasteiger charge is 2.14. The topological polar surface area (TPSA) is 58.6 Å². The lowest BCUT2D eigenvalue weighted by molar-refractivity contribution is 1.10. The zero-order valence-electron chi connectivity index (χ0n) is 9.93. The summed E-state index contributed by atoms with van der Waals surface area (Å²) < 4.78 is 1.11. The summed E-state index contributed by atoms with van der Waals surface area (Å²) in [5, 5.41) is 0.598. The van der Waals surface area contributed by atoms with Gasteiger partial charge < -0.3 is 4.98 Å². The lowest BCUT2D eigenvalue weighted by Gasteiger charge is -2.05. The average Bonchev–Trinajstić information content (AvgIpc) is 2.89. The maximum absolute atomic E-state index is 12.1. The van der Waals surface area contributed by atoms with E-state index in [9.17, 15) is 4.79 Å². The number of halogens is 2. The molecule has 4 nitrogen and oxygen atoms in total. The molecule has 7 heteroatoms. The molecule has 2 heterocycles. The fourth-order valence-corrected chi connectivity index (χ4v) is 3.14. The Kier molecular flexibility index (Phi) is 3.86. The van der Waals surface area contributed by atoms with Crippen LogP contribution >= 0.6 is 45.5 Å². The summed E-state index contributed by atoms with van der Waals surface area (Å²) in [4.78, 5) is 23.4. The molecule has 1 N–H and O–H groups in total. The van der Waals surface area contributed by atoms with E-state index in [0.717, 1.165) is 5.56 Å². The molecule has 1 aromatic carbocycles. The number of thiazole rings is 1. The molecule has 0 amide bonds. The fourth-order valence-electron chi connectivity index (χ4n) is 1.71. The number of benzene rings is 1. The first-order valence-electron chi connectivity index (χ1n) is 5.62. The van der Waals surface area contributed by atoms with Gasteiger partial charge in [0, 0.05) is 5.56 Å². The monoisotopic (exact) mass is 415 g/mol. The highest BCUT2D eigenvalue weighted by Crippen LogP contribution is 2.27. The fraction of sp³-hybridized carbons (Fsp3) is 0. The van der Waals surface area contributed by atoms with Crippen LogP contribution in [0.4, 0.5) is 0 Å². The smallest absolute Gasteiger partial charge is 0.265 e. The Balaban J connectivity index is 2.21. The normalized spacial score (nSPS) is 10.7. The van der Waals surface area contributed by atoms with Gasteiger partial charge in [0.2, 0.25) is 0 Å². The second-order valence-electron chi connectivity index (χ2n) is 3.91. The zero-order chi connectivity index (χ0) is 14.1. The van der Waals surface area contributed by atoms with Gasteiger partial charge >= 0.3 is 0 Å². The molecule has 0 aliphatic rings. The number of hydrogen-bond donors (Lipinski definition) is 1. The molecule has 0 radical (unpaired) electrons. The number of aromatic nitrogens is 3. The van der Waals surface area contributed by atoms with Crippen LogP contribution in [0.2, 0.25) is 4.34 Å². The van der Waals surface area contributed by atoms with Gasteiger partial charge in [0.25, 0.3) is 5.56 Å². The predicted molar refractivity (Wildman–Crippen MR) is 89.1 cm³/mol. The number of nitrogens with one attached hydrogen (secondary N) is 1. The van der Waals surface area contributed by atoms with Crippen molar-refractivity contribution in [2.24, 2.45) is 0 Å². The van der Waals surface area contributed by atoms with Gasteiger partial charge in [0.1, 0.15) is 7.91 Å². The molecule has 0 saturated carbocycles. The van der Waals surface area contributed by atoms with Crippen molar-refractivity contribution >= 4 is 45.5 Å². The number of aromatic amines is 1. The molecule has 20 heavy (non-hydrogen) atoms. The van der Waals surface area contributed by atoms with Crippen molar-refractivity contribution in [3.8, 4) is 22.1 Å². The van der Waals surface area contributed by atoms with Crippen LogP contribution in [0.5, 0.6) is 0 Å². The number of H-pyrrole nitrogens is 1. The van der Waals surface area contributed by atoms with Crippen molar-refractivity contribution in [3.63, 3.8) is 0 Å². The van der Waals surface area contributed by atoms with E-state index >= 15 is 0 Å². The molecular formula is C13H7ClIN3OS. The Morgan fingerprint density at radius 1 is 1.25 bits per heavy atom. The van der Waals surface area contributed by atoms with Gasteiger partial charge in [0.05, 0.1) is 11.9 Å². The summed E-state index contributed by atoms with van der Waals surface area (Å²) in [6.07, 6.45) is 1.54. The number of hydrogen-bond acceptors (Lipinski definition) is 4. The van der Waals surface area contributed by atoms with E-state index in [2.05, 4.69) is 15.0 Å². The molecule has 0 spiro atoms. The Hall–Kier alpha value is -1.25. The molecule has 0 aliphatic heterocycles. The second kappa shape index (κ2) is 5.63. The highest BCUT2D eigenvalue weighted by atomic mass is 127. The molecule has 100 valence electrons. The van der Waals surface area contributed by atoms with Crippen LogP contribution in [0.1, 0.15) is 0 Å². The van der Waals surface area contributed by atoms with Gasteiger partial charge in [-0.25, -0.2) is 9.97 Å². The molecule has 2 aromatic heterocycles. The third kappa shape index (κ3) is 2.63. The maximum Gasteiger partial charge on any atom is 0.265 e. The van der Waals surface area contributed by atoms with Crippen LogP contribution in [0, 0.1) is 3.57 Å². The summed E-state index contributed by atoms with van der Waals surface area (Å²) in [5.41, 5.74) is 1.36. The van der Waals surface area contributed by atoms with E-state index in [0.29, 0.717) is 24.4 Å². The molecule has 3 aromatic rings. The third-order valence-electron chi connectivity index (χ3n) is 2.59. The third-order valence-corrected chi connectivity index (χ3v) is 4.71. The summed E-state index contributed by atoms with van der Waals surface area (Å²) >= 11 is 9.15. The van der Waals surface area contributed by atoms with Gasteiger partial charge in [-0.3, -0.25) is 4.79 Å². The minimum absolute atomic E-state index is 0.180. The van der Waals surface area contributed by atoms with Gasteiger partial charge in [0.15, 0.2) is 10.8 Å². The number of nitrogens with zero attached hydrogens (tertiary/aromatic N) is 2. The quantitative estimate of drug-likeness (QED) is 0.647. The Morgan fingerprint density at radius 2 is 2.00 bits per heavy atom. The van der Waals surface area contributed by atoms with Crippen molar-refractivity contribution in [1.29, 1.82) is 0 Å². The van der Waals surface area contributed by atoms with Crippen LogP contribution in [0.25, 0.3) is 22.1 Å². The van der Waals surface area contributed by atoms with E-state index < -0.39 is 0 Å². The van der Waals surface area contributed by atoms with Crippen LogP contribution in [-0.2, 0) is 0 Å². The minimum atomic E-state index is -0.180. The summed E-state index contributed by atoms with van der Waals surface area (Å²) in [6.45, 7) is 0. The average molecular weight is 416 g/mol. The van der Waals surface area contributed by atoms with Gasteiger partial charge in [-0.1, -0.05) is 53.3 Å². The molecule has 0 atom stereocenters. The van der Waals surface area contributed by atoms with Crippen molar-refractivity contribution in [2.75, 3.05) is 0 Å². The van der Waals surface area contributed by atoms with E-state index in [1.54, 1.807) is 6.20 Å². The van der Waals surface area contributed by atoms with Crippen LogP contribution < -0.4 is 5.56 Å². The first kappa shape index (κ1) is 13.7. The maximum atomic E-state index is 12.1. The lowest BCUT2D eigenvalue weighted by atomic mass is 10.1. The Labute approximate surface area is 137 Å². The molecular weight excluding hydrogens is 409 g/mol. The first-order valence-corrected chi connectivity index (χ1v) is 7.89. The Morgan fingerprint density at radius 3 is 2.65 bits per heavy atom. The molecule has 0 bridgehead atoms. The lowest BCUT2D eigenvalue weighted by Crippen LogP contribution is -2.14. The van der Waals surface area contributed by atoms with E-state index in [-0.39, 0.29) is 5.56 Å². The summed E-state index contributed by atoms with van der Waals surface area (Å²) in [5.74, 6) is 0.436. The van der Waals surface area contributed by atoms with Crippen molar-refractivity contribution < 1.29 is 0 Å². The van der Waals surface area contributed by atoms with Gasteiger partial charge in [-0.05, 0) is 22.6 Å². The predicted octanol–water partition coefficient (Wildman–Crippen LogP) is 3.82. The number of rotatable bonds is 2. The molecule has 0 saturated heterocycles. The highest BCUT2D eigenvalue weighted by molar-refractivity contribution is 14.1. The van der Waals surface area contributed by atoms with E-state index in [1.807, 2.05) is 52.9 Å². The molecule has 0 aliphatic carbocycles. The SMILES string of the molecule is O=c1[nH]c(-c2ncc(Cl)s2)nc(-c2ccccc2)c1I. The second-order valence-corrected chi connectivity index (χ2v) is 6.65. The molecule has 3 rings (SSSR count). The molecule has 0 fully saturated rings. The largest absolute Gasteiger partial charge is 0.304 e. The van der Waals surface area contributed by atoms with Crippen molar-refractivity contribution in [3.05, 3.63) is 54.8 Å². The summed E-state index contributed by atoms with van der Waals surface area (Å²) in [7, 11) is 0. The van der Waals surface area contributed by atoms with Crippen LogP contribution in [0.15, 0.2) is 41.3 Å². The van der Waals surface area contributed by atoms with Crippen molar-refractivity contribution in [2.45, 2.75) is 0 Å². The van der Waals surface area contributed by atoms with Crippen molar-refractivity contribution in [1.82, 2.24) is 15.0 Å². The van der Waals surface area contributed by atoms with Gasteiger partial charge in [-0.2, -0.15) is 0 Å². The standard InChI is InChI=1S/C13H7ClIN3OS/c14-8-6-16-13(20-8)11-17-10(9(15)12(19)18-11)7-4-2-1-3-5-7/h1-6H,(H,17,18,19). The minimum Gasteiger partial charge on any atom is -0.304 e. The van der Waals surface area contributed by atoms with Crippen LogP contribution in [-0.4, -0.2) is 15.0 Å². The van der Waals surface area contributed by atoms with E-state index in [1.165, 1.54) is 11.3 Å². The van der Waals surface area contributed by atoms with Gasteiger partial charge in [-0.15, -0.1) is 0 Å². The zero-order valence-corrected chi connectivity index (χ0v) is 13.7. The summed E-state index contributed by atoms with van der Waals surface area (Å²) in [6, 6.07) is 9.58. The first-order chi connectivity index (χ1) is 9.65. The van der Waals surface area contributed by atoms with E-state index in [4.69, 9.17) is 11.6 Å². The van der Waals surface area contributed by atoms with Crippen LogP contribution in [0.3, 0.4) is 0 Å². The molecule has 0 unspecified atom stereocenters.